The summed E-state index contributed by atoms with van der Waals surface area (Å²) in [5, 5.41) is 0.955. The van der Waals surface area contributed by atoms with E-state index >= 15 is 0 Å². The largest absolute Gasteiger partial charge is 0.493 e. The van der Waals surface area contributed by atoms with Crippen molar-refractivity contribution < 1.29 is 13.9 Å². The van der Waals surface area contributed by atoms with Crippen LogP contribution in [0.1, 0.15) is 30.9 Å². The van der Waals surface area contributed by atoms with Crippen LogP contribution < -0.4 is 15.1 Å². The Kier molecular flexibility index (Phi) is 8.85. The fourth-order valence-corrected chi connectivity index (χ4v) is 4.41. The lowest BCUT2D eigenvalue weighted by Gasteiger charge is -2.34. The summed E-state index contributed by atoms with van der Waals surface area (Å²) < 4.78 is 16.4. The average molecular weight is 459 g/mol. The van der Waals surface area contributed by atoms with Gasteiger partial charge in [-0.05, 0) is 49.9 Å². The third-order valence-electron chi connectivity index (χ3n) is 6.29. The quantitative estimate of drug-likeness (QED) is 0.635. The van der Waals surface area contributed by atoms with E-state index in [0.717, 1.165) is 48.5 Å². The number of hydrogen-bond donors (Lipinski definition) is 0. The molecular formula is C22H32Cl2N2O4. The average Bonchev–Trinajstić information content (AvgIpc) is 2.72. The van der Waals surface area contributed by atoms with Gasteiger partial charge in [0, 0.05) is 37.6 Å². The third-order valence-corrected chi connectivity index (χ3v) is 6.29. The second-order valence-electron chi connectivity index (χ2n) is 8.10. The number of nitrogens with zero attached hydrogens (tertiary/aromatic N) is 2. The van der Waals surface area contributed by atoms with E-state index in [2.05, 4.69) is 16.7 Å². The van der Waals surface area contributed by atoms with E-state index in [1.807, 2.05) is 6.07 Å². The van der Waals surface area contributed by atoms with Crippen molar-refractivity contribution in [2.45, 2.75) is 32.7 Å². The molecule has 1 aromatic heterocycles. The van der Waals surface area contributed by atoms with Crippen LogP contribution in [0.5, 0.6) is 11.5 Å². The van der Waals surface area contributed by atoms with Crippen molar-refractivity contribution in [3.63, 3.8) is 0 Å². The Morgan fingerprint density at radius 2 is 1.60 bits per heavy atom. The molecule has 0 N–H and O–H groups in total. The summed E-state index contributed by atoms with van der Waals surface area (Å²) in [6, 6.07) is 3.68. The van der Waals surface area contributed by atoms with Crippen molar-refractivity contribution in [2.24, 2.45) is 5.92 Å². The summed E-state index contributed by atoms with van der Waals surface area (Å²) in [6.45, 7) is 8.42. The van der Waals surface area contributed by atoms with Crippen molar-refractivity contribution in [3.05, 3.63) is 33.7 Å². The summed E-state index contributed by atoms with van der Waals surface area (Å²) in [4.78, 5) is 17.6. The molecule has 30 heavy (non-hydrogen) atoms. The van der Waals surface area contributed by atoms with Crippen molar-refractivity contribution in [2.75, 3.05) is 46.9 Å². The van der Waals surface area contributed by atoms with Gasteiger partial charge >= 0.3 is 5.63 Å². The van der Waals surface area contributed by atoms with Gasteiger partial charge in [0.1, 0.15) is 5.58 Å². The highest BCUT2D eigenvalue weighted by Gasteiger charge is 2.24. The summed E-state index contributed by atoms with van der Waals surface area (Å²) >= 11 is 0. The van der Waals surface area contributed by atoms with Crippen LogP contribution in [-0.4, -0.2) is 56.7 Å². The number of hydrogen-bond acceptors (Lipinski definition) is 6. The van der Waals surface area contributed by atoms with Crippen LogP contribution in [0.25, 0.3) is 11.0 Å². The zero-order valence-electron chi connectivity index (χ0n) is 17.9. The molecule has 168 valence electrons. The zero-order valence-corrected chi connectivity index (χ0v) is 19.6. The first-order chi connectivity index (χ1) is 13.6. The molecule has 0 bridgehead atoms. The predicted molar refractivity (Wildman–Crippen MR) is 124 cm³/mol. The van der Waals surface area contributed by atoms with Crippen molar-refractivity contribution in [3.8, 4) is 11.5 Å². The van der Waals surface area contributed by atoms with Crippen LogP contribution in [0.15, 0.2) is 21.3 Å². The second kappa shape index (κ2) is 10.7. The topological polar surface area (TPSA) is 55.2 Å². The molecule has 0 amide bonds. The molecule has 6 nitrogen and oxygen atoms in total. The van der Waals surface area contributed by atoms with E-state index in [9.17, 15) is 4.79 Å². The van der Waals surface area contributed by atoms with E-state index in [4.69, 9.17) is 13.9 Å². The molecule has 2 aliphatic heterocycles. The molecule has 3 heterocycles. The minimum Gasteiger partial charge on any atom is -0.493 e. The van der Waals surface area contributed by atoms with Crippen LogP contribution in [0.4, 0.5) is 0 Å². The lowest BCUT2D eigenvalue weighted by molar-refractivity contribution is 0.154. The number of methoxy groups -OCH3 is 2. The van der Waals surface area contributed by atoms with Crippen LogP contribution in [0.2, 0.25) is 0 Å². The highest BCUT2D eigenvalue weighted by atomic mass is 35.5. The van der Waals surface area contributed by atoms with Gasteiger partial charge in [0.25, 0.3) is 0 Å². The summed E-state index contributed by atoms with van der Waals surface area (Å²) in [5.74, 6) is 2.09. The van der Waals surface area contributed by atoms with Gasteiger partial charge in [-0.3, -0.25) is 4.90 Å². The maximum Gasteiger partial charge on any atom is 0.341 e. The molecule has 1 aromatic carbocycles. The number of rotatable bonds is 5. The SMILES string of the molecule is COc1cc2oc(=O)c3c(c2cc1OC)CCN(CCN1CCC(C)CC1)C3.Cl.Cl. The molecule has 1 fully saturated rings. The van der Waals surface area contributed by atoms with Crippen LogP contribution in [0.3, 0.4) is 0 Å². The summed E-state index contributed by atoms with van der Waals surface area (Å²) in [5.41, 5.74) is 2.22. The Labute approximate surface area is 190 Å². The molecule has 2 aromatic rings. The minimum absolute atomic E-state index is 0. The van der Waals surface area contributed by atoms with Gasteiger partial charge in [0.15, 0.2) is 11.5 Å². The maximum absolute atomic E-state index is 12.6. The van der Waals surface area contributed by atoms with Gasteiger partial charge in [-0.15, -0.1) is 24.8 Å². The van der Waals surface area contributed by atoms with Crippen LogP contribution in [-0.2, 0) is 13.0 Å². The van der Waals surface area contributed by atoms with Crippen molar-refractivity contribution in [1.82, 2.24) is 9.80 Å². The van der Waals surface area contributed by atoms with E-state index in [-0.39, 0.29) is 30.4 Å². The van der Waals surface area contributed by atoms with E-state index < -0.39 is 0 Å². The molecule has 8 heteroatoms. The molecule has 0 saturated carbocycles. The molecule has 0 unspecified atom stereocenters. The van der Waals surface area contributed by atoms with E-state index in [1.54, 1.807) is 20.3 Å². The predicted octanol–water partition coefficient (Wildman–Crippen LogP) is 3.74. The molecule has 0 radical (unpaired) electrons. The van der Waals surface area contributed by atoms with Crippen LogP contribution >= 0.6 is 24.8 Å². The number of likely N-dealkylation sites (tertiary alicyclic amines) is 1. The van der Waals surface area contributed by atoms with Gasteiger partial charge in [-0.25, -0.2) is 4.79 Å². The molecular weight excluding hydrogens is 427 g/mol. The zero-order chi connectivity index (χ0) is 19.7. The minimum atomic E-state index is -0.230. The number of fused-ring (bicyclic) bond motifs is 3. The monoisotopic (exact) mass is 458 g/mol. The van der Waals surface area contributed by atoms with Crippen LogP contribution in [0, 0.1) is 5.92 Å². The van der Waals surface area contributed by atoms with Gasteiger partial charge in [-0.1, -0.05) is 6.92 Å². The summed E-state index contributed by atoms with van der Waals surface area (Å²) in [6.07, 6.45) is 3.44. The number of benzene rings is 1. The van der Waals surface area contributed by atoms with Crippen molar-refractivity contribution >= 4 is 35.8 Å². The first-order valence-electron chi connectivity index (χ1n) is 10.2. The third kappa shape index (κ3) is 5.05. The maximum atomic E-state index is 12.6. The standard InChI is InChI=1S/C22H30N2O4.2ClH/c1-15-4-7-23(8-5-15)10-11-24-9-6-16-17-12-20(26-2)21(27-3)13-19(17)28-22(25)18(16)14-24;;/h12-13,15H,4-11,14H2,1-3H3;2*1H. The molecule has 2 aliphatic rings. The molecule has 4 rings (SSSR count). The molecule has 0 spiro atoms. The lowest BCUT2D eigenvalue weighted by Crippen LogP contribution is -2.41. The lowest BCUT2D eigenvalue weighted by atomic mass is 9.97. The van der Waals surface area contributed by atoms with Gasteiger partial charge in [0.2, 0.25) is 0 Å². The van der Waals surface area contributed by atoms with Crippen molar-refractivity contribution in [1.29, 1.82) is 0 Å². The second-order valence-corrected chi connectivity index (χ2v) is 8.10. The fourth-order valence-electron chi connectivity index (χ4n) is 4.41. The van der Waals surface area contributed by atoms with Gasteiger partial charge in [0.05, 0.1) is 19.8 Å². The highest BCUT2D eigenvalue weighted by Crippen LogP contribution is 2.35. The highest BCUT2D eigenvalue weighted by molar-refractivity contribution is 5.86. The first kappa shape index (κ1) is 24.8. The number of piperidine rings is 1. The van der Waals surface area contributed by atoms with Gasteiger partial charge < -0.3 is 18.8 Å². The Morgan fingerprint density at radius 3 is 2.27 bits per heavy atom. The van der Waals surface area contributed by atoms with E-state index in [0.29, 0.717) is 23.6 Å². The Hall–Kier alpha value is -1.47. The number of halogens is 2. The normalized spacial score (nSPS) is 17.7. The Bertz CT molecular complexity index is 910. The molecule has 0 atom stereocenters. The number of ether oxygens (including phenoxy) is 2. The summed E-state index contributed by atoms with van der Waals surface area (Å²) in [7, 11) is 3.21. The smallest absolute Gasteiger partial charge is 0.341 e. The van der Waals surface area contributed by atoms with E-state index in [1.165, 1.54) is 25.9 Å². The fraction of sp³-hybridized carbons (Fsp3) is 0.591. The Morgan fingerprint density at radius 1 is 0.967 bits per heavy atom. The first-order valence-corrected chi connectivity index (χ1v) is 10.2. The Balaban J connectivity index is 0.00000160. The molecule has 1 saturated heterocycles. The molecule has 0 aliphatic carbocycles. The van der Waals surface area contributed by atoms with Gasteiger partial charge in [-0.2, -0.15) is 0 Å².